The smallest absolute Gasteiger partial charge is 0.277 e. The summed E-state index contributed by atoms with van der Waals surface area (Å²) in [6.07, 6.45) is 2.19. The van der Waals surface area contributed by atoms with E-state index >= 15 is 0 Å². The van der Waals surface area contributed by atoms with Crippen molar-refractivity contribution in [3.63, 3.8) is 0 Å². The Labute approximate surface area is 143 Å². The Kier molecular flexibility index (Phi) is 5.65. The molecular weight excluding hydrogens is 332 g/mol. The molecule has 2 atom stereocenters. The molecule has 0 spiro atoms. The van der Waals surface area contributed by atoms with Crippen LogP contribution in [0.25, 0.3) is 0 Å². The van der Waals surface area contributed by atoms with E-state index in [1.54, 1.807) is 19.2 Å². The van der Waals surface area contributed by atoms with Gasteiger partial charge >= 0.3 is 0 Å². The molecule has 0 bridgehead atoms. The Balaban J connectivity index is 1.52. The predicted molar refractivity (Wildman–Crippen MR) is 85.8 cm³/mol. The van der Waals surface area contributed by atoms with Gasteiger partial charge in [0.15, 0.2) is 0 Å². The zero-order valence-corrected chi connectivity index (χ0v) is 14.0. The van der Waals surface area contributed by atoms with Gasteiger partial charge in [-0.3, -0.25) is 4.79 Å². The lowest BCUT2D eigenvalue weighted by molar-refractivity contribution is -0.121. The van der Waals surface area contributed by atoms with Gasteiger partial charge in [-0.25, -0.2) is 4.98 Å². The third-order valence-electron chi connectivity index (χ3n) is 3.38. The van der Waals surface area contributed by atoms with E-state index in [2.05, 4.69) is 20.5 Å². The quantitative estimate of drug-likeness (QED) is 0.776. The minimum Gasteiger partial charge on any atom is -0.472 e. The summed E-state index contributed by atoms with van der Waals surface area (Å²) in [5.74, 6) is 1.07. The fourth-order valence-corrected chi connectivity index (χ4v) is 2.89. The molecule has 0 aliphatic carbocycles. The molecule has 2 aromatic heterocycles. The van der Waals surface area contributed by atoms with Gasteiger partial charge in [-0.05, 0) is 6.07 Å². The molecule has 9 heteroatoms. The van der Waals surface area contributed by atoms with Gasteiger partial charge in [0.1, 0.15) is 6.10 Å². The van der Waals surface area contributed by atoms with Crippen LogP contribution in [0, 0.1) is 6.92 Å². The van der Waals surface area contributed by atoms with Crippen LogP contribution in [0.5, 0.6) is 5.88 Å². The molecule has 0 radical (unpaired) electrons. The van der Waals surface area contributed by atoms with Gasteiger partial charge in [-0.15, -0.1) is 10.2 Å². The normalized spacial score (nSPS) is 20.5. The highest BCUT2D eigenvalue weighted by molar-refractivity contribution is 7.99. The summed E-state index contributed by atoms with van der Waals surface area (Å²) >= 11 is 1.20. The highest BCUT2D eigenvalue weighted by Gasteiger charge is 2.29. The van der Waals surface area contributed by atoms with Crippen molar-refractivity contribution in [2.24, 2.45) is 0 Å². The third kappa shape index (κ3) is 4.68. The number of nitrogens with zero attached hydrogens (tertiary/aromatic N) is 3. The van der Waals surface area contributed by atoms with Crippen LogP contribution in [0.4, 0.5) is 0 Å². The van der Waals surface area contributed by atoms with Gasteiger partial charge in [-0.2, -0.15) is 0 Å². The van der Waals surface area contributed by atoms with Gasteiger partial charge in [0.25, 0.3) is 5.22 Å². The number of carbonyl (C=O) groups excluding carboxylic acids is 1. The Morgan fingerprint density at radius 1 is 1.46 bits per heavy atom. The minimum atomic E-state index is -0.224. The van der Waals surface area contributed by atoms with Crippen LogP contribution in [0.1, 0.15) is 12.3 Å². The lowest BCUT2D eigenvalue weighted by atomic mass is 10.1. The van der Waals surface area contributed by atoms with Crippen LogP contribution in [0.3, 0.4) is 0 Å². The molecule has 1 N–H and O–H groups in total. The highest BCUT2D eigenvalue weighted by atomic mass is 32.2. The molecule has 3 heterocycles. The molecule has 2 aromatic rings. The number of thioether (sulfide) groups is 1. The molecule has 1 aliphatic heterocycles. The Morgan fingerprint density at radius 2 is 2.38 bits per heavy atom. The molecular formula is C15H18N4O4S. The molecule has 128 valence electrons. The van der Waals surface area contributed by atoms with Gasteiger partial charge < -0.3 is 19.2 Å². The largest absolute Gasteiger partial charge is 0.472 e. The Hall–Kier alpha value is -2.13. The Bertz CT molecular complexity index is 667. The summed E-state index contributed by atoms with van der Waals surface area (Å²) in [5, 5.41) is 10.9. The van der Waals surface area contributed by atoms with Crippen LogP contribution in [0.15, 0.2) is 34.0 Å². The van der Waals surface area contributed by atoms with Gasteiger partial charge in [-0.1, -0.05) is 17.8 Å². The molecule has 0 unspecified atom stereocenters. The van der Waals surface area contributed by atoms with Crippen molar-refractivity contribution in [1.82, 2.24) is 20.5 Å². The van der Waals surface area contributed by atoms with Crippen molar-refractivity contribution in [2.75, 3.05) is 19.0 Å². The molecule has 0 saturated carbocycles. The molecule has 8 nitrogen and oxygen atoms in total. The van der Waals surface area contributed by atoms with Crippen LogP contribution in [-0.2, 0) is 9.53 Å². The van der Waals surface area contributed by atoms with E-state index in [4.69, 9.17) is 13.9 Å². The number of aromatic nitrogens is 3. The highest BCUT2D eigenvalue weighted by Crippen LogP contribution is 2.18. The van der Waals surface area contributed by atoms with E-state index in [-0.39, 0.29) is 23.8 Å². The monoisotopic (exact) mass is 350 g/mol. The standard InChI is InChI=1S/C15H18N4O4S/c1-10-18-19-15(22-10)24-9-13(20)17-11-8-21-7-5-12(11)23-14-4-2-3-6-16-14/h2-4,6,11-12H,5,7-9H2,1H3,(H,17,20)/t11-,12-/m1/s1. The predicted octanol–water partition coefficient (Wildman–Crippen LogP) is 1.22. The lowest BCUT2D eigenvalue weighted by Crippen LogP contribution is -2.52. The second kappa shape index (κ2) is 8.11. The number of carbonyl (C=O) groups is 1. The lowest BCUT2D eigenvalue weighted by Gasteiger charge is -2.31. The van der Waals surface area contributed by atoms with Crippen molar-refractivity contribution in [2.45, 2.75) is 30.7 Å². The molecule has 3 rings (SSSR count). The number of hydrogen-bond donors (Lipinski definition) is 1. The zero-order valence-electron chi connectivity index (χ0n) is 13.2. The van der Waals surface area contributed by atoms with Crippen molar-refractivity contribution < 1.29 is 18.7 Å². The number of hydrogen-bond acceptors (Lipinski definition) is 8. The average Bonchev–Trinajstić information content (AvgIpc) is 3.01. The van der Waals surface area contributed by atoms with Gasteiger partial charge in [0.05, 0.1) is 25.0 Å². The summed E-state index contributed by atoms with van der Waals surface area (Å²) in [6.45, 7) is 2.71. The van der Waals surface area contributed by atoms with E-state index in [9.17, 15) is 4.79 Å². The molecule has 1 amide bonds. The topological polar surface area (TPSA) is 99.4 Å². The molecule has 1 aliphatic rings. The number of aryl methyl sites for hydroxylation is 1. The fourth-order valence-electron chi connectivity index (χ4n) is 2.28. The first kappa shape index (κ1) is 16.7. The SMILES string of the molecule is Cc1nnc(SCC(=O)N[C@@H]2COCC[C@H]2Oc2ccccn2)o1. The van der Waals surface area contributed by atoms with E-state index in [1.807, 2.05) is 12.1 Å². The van der Waals surface area contributed by atoms with Crippen molar-refractivity contribution in [1.29, 1.82) is 0 Å². The van der Waals surface area contributed by atoms with E-state index in [0.717, 1.165) is 0 Å². The minimum absolute atomic E-state index is 0.138. The maximum absolute atomic E-state index is 12.1. The number of amides is 1. The summed E-state index contributed by atoms with van der Waals surface area (Å²) in [5.41, 5.74) is 0. The zero-order chi connectivity index (χ0) is 16.8. The maximum Gasteiger partial charge on any atom is 0.277 e. The molecule has 0 aromatic carbocycles. The number of pyridine rings is 1. The van der Waals surface area contributed by atoms with Crippen molar-refractivity contribution in [3.05, 3.63) is 30.3 Å². The fraction of sp³-hybridized carbons (Fsp3) is 0.467. The molecule has 1 fully saturated rings. The second-order valence-corrected chi connectivity index (χ2v) is 6.16. The average molecular weight is 350 g/mol. The second-order valence-electron chi connectivity index (χ2n) is 5.24. The first-order valence-corrected chi connectivity index (χ1v) is 8.57. The summed E-state index contributed by atoms with van der Waals surface area (Å²) in [4.78, 5) is 16.3. The van der Waals surface area contributed by atoms with E-state index < -0.39 is 0 Å². The molecule has 1 saturated heterocycles. The summed E-state index contributed by atoms with van der Waals surface area (Å²) in [6, 6.07) is 5.26. The number of nitrogens with one attached hydrogen (secondary N) is 1. The summed E-state index contributed by atoms with van der Waals surface area (Å²) < 4.78 is 16.6. The first-order valence-electron chi connectivity index (χ1n) is 7.58. The van der Waals surface area contributed by atoms with Crippen LogP contribution in [-0.4, -0.2) is 52.2 Å². The van der Waals surface area contributed by atoms with E-state index in [0.29, 0.717) is 36.6 Å². The van der Waals surface area contributed by atoms with Crippen LogP contribution < -0.4 is 10.1 Å². The maximum atomic E-state index is 12.1. The molecule has 24 heavy (non-hydrogen) atoms. The third-order valence-corrected chi connectivity index (χ3v) is 4.20. The van der Waals surface area contributed by atoms with Crippen LogP contribution >= 0.6 is 11.8 Å². The van der Waals surface area contributed by atoms with E-state index in [1.165, 1.54) is 11.8 Å². The van der Waals surface area contributed by atoms with Crippen molar-refractivity contribution >= 4 is 17.7 Å². The summed E-state index contributed by atoms with van der Waals surface area (Å²) in [7, 11) is 0. The van der Waals surface area contributed by atoms with Gasteiger partial charge in [0.2, 0.25) is 17.7 Å². The van der Waals surface area contributed by atoms with Crippen molar-refractivity contribution in [3.8, 4) is 5.88 Å². The first-order chi connectivity index (χ1) is 11.7. The Morgan fingerprint density at radius 3 is 3.12 bits per heavy atom. The number of ether oxygens (including phenoxy) is 2. The van der Waals surface area contributed by atoms with Gasteiger partial charge in [0, 0.05) is 25.6 Å². The van der Waals surface area contributed by atoms with Crippen LogP contribution in [0.2, 0.25) is 0 Å². The number of rotatable bonds is 6.